The smallest absolute Gasteiger partial charge is 0.237 e. The van der Waals surface area contributed by atoms with Crippen LogP contribution >= 0.6 is 0 Å². The largest absolute Gasteiger partial charge is 0.354 e. The Morgan fingerprint density at radius 2 is 2.00 bits per heavy atom. The number of rotatable bonds is 7. The topological polar surface area (TPSA) is 44.4 Å². The van der Waals surface area contributed by atoms with Gasteiger partial charge >= 0.3 is 0 Å². The number of carbonyl (C=O) groups is 1. The molecule has 0 bridgehead atoms. The zero-order chi connectivity index (χ0) is 14.5. The molecule has 2 fully saturated rings. The number of hydrogen-bond donors (Lipinski definition) is 2. The number of piperidine rings is 1. The van der Waals surface area contributed by atoms with Crippen LogP contribution in [0.4, 0.5) is 0 Å². The van der Waals surface area contributed by atoms with Crippen molar-refractivity contribution in [3.05, 3.63) is 0 Å². The Hall–Kier alpha value is -0.610. The summed E-state index contributed by atoms with van der Waals surface area (Å²) in [6.07, 6.45) is 5.23. The van der Waals surface area contributed by atoms with Crippen LogP contribution < -0.4 is 10.6 Å². The molecular weight excluding hydrogens is 250 g/mol. The van der Waals surface area contributed by atoms with Crippen LogP contribution in [0.3, 0.4) is 0 Å². The van der Waals surface area contributed by atoms with Crippen LogP contribution in [-0.2, 0) is 4.79 Å². The van der Waals surface area contributed by atoms with Crippen LogP contribution in [0.5, 0.6) is 0 Å². The highest BCUT2D eigenvalue weighted by Crippen LogP contribution is 2.22. The minimum Gasteiger partial charge on any atom is -0.354 e. The number of carbonyl (C=O) groups excluding carboxylic acids is 1. The third-order valence-corrected chi connectivity index (χ3v) is 4.43. The highest BCUT2D eigenvalue weighted by Gasteiger charge is 2.28. The molecule has 2 unspecified atom stereocenters. The van der Waals surface area contributed by atoms with E-state index < -0.39 is 0 Å². The first kappa shape index (κ1) is 15.8. The van der Waals surface area contributed by atoms with Crippen molar-refractivity contribution in [2.45, 2.75) is 58.5 Å². The van der Waals surface area contributed by atoms with Crippen molar-refractivity contribution in [1.82, 2.24) is 15.5 Å². The molecule has 0 spiro atoms. The van der Waals surface area contributed by atoms with Crippen LogP contribution in [0.2, 0.25) is 0 Å². The van der Waals surface area contributed by atoms with E-state index >= 15 is 0 Å². The van der Waals surface area contributed by atoms with Crippen molar-refractivity contribution >= 4 is 5.91 Å². The molecule has 4 heteroatoms. The van der Waals surface area contributed by atoms with E-state index in [0.29, 0.717) is 11.8 Å². The highest BCUT2D eigenvalue weighted by atomic mass is 16.2. The molecular formula is C16H31N3O. The van der Waals surface area contributed by atoms with Crippen LogP contribution in [0.1, 0.15) is 46.5 Å². The second kappa shape index (κ2) is 7.41. The Balaban J connectivity index is 1.73. The summed E-state index contributed by atoms with van der Waals surface area (Å²) in [6, 6.07) is 0.801. The van der Waals surface area contributed by atoms with Gasteiger partial charge in [0.25, 0.3) is 0 Å². The van der Waals surface area contributed by atoms with Gasteiger partial charge in [-0.2, -0.15) is 0 Å². The van der Waals surface area contributed by atoms with Gasteiger partial charge in [-0.1, -0.05) is 13.8 Å². The molecule has 2 N–H and O–H groups in total. The summed E-state index contributed by atoms with van der Waals surface area (Å²) in [5, 5.41) is 6.69. The number of amides is 1. The Labute approximate surface area is 123 Å². The quantitative estimate of drug-likeness (QED) is 0.745. The molecule has 2 rings (SSSR count). The maximum atomic E-state index is 12.2. The van der Waals surface area contributed by atoms with Gasteiger partial charge in [0.05, 0.1) is 6.04 Å². The fraction of sp³-hybridized carbons (Fsp3) is 0.938. The van der Waals surface area contributed by atoms with Gasteiger partial charge in [-0.3, -0.25) is 9.69 Å². The minimum absolute atomic E-state index is 0.0116. The predicted octanol–water partition coefficient (Wildman–Crippen LogP) is 1.61. The van der Waals surface area contributed by atoms with Crippen LogP contribution in [0.25, 0.3) is 0 Å². The summed E-state index contributed by atoms with van der Waals surface area (Å²) < 4.78 is 0. The third-order valence-electron chi connectivity index (χ3n) is 4.43. The lowest BCUT2D eigenvalue weighted by molar-refractivity contribution is -0.126. The third kappa shape index (κ3) is 5.06. The summed E-state index contributed by atoms with van der Waals surface area (Å²) in [5.41, 5.74) is 0. The fourth-order valence-corrected chi connectivity index (χ4v) is 2.85. The maximum absolute atomic E-state index is 12.2. The zero-order valence-corrected chi connectivity index (χ0v) is 13.3. The van der Waals surface area contributed by atoms with Gasteiger partial charge in [0.1, 0.15) is 0 Å². The molecule has 4 nitrogen and oxygen atoms in total. The number of nitrogens with zero attached hydrogens (tertiary/aromatic N) is 1. The van der Waals surface area contributed by atoms with Crippen molar-refractivity contribution in [3.8, 4) is 0 Å². The van der Waals surface area contributed by atoms with Crippen LogP contribution in [0.15, 0.2) is 0 Å². The predicted molar refractivity (Wildman–Crippen MR) is 82.6 cm³/mol. The average Bonchev–Trinajstić information content (AvgIpc) is 3.26. The first-order valence-corrected chi connectivity index (χ1v) is 8.31. The zero-order valence-electron chi connectivity index (χ0n) is 13.3. The van der Waals surface area contributed by atoms with E-state index in [1.807, 2.05) is 6.92 Å². The number of nitrogens with one attached hydrogen (secondary N) is 2. The van der Waals surface area contributed by atoms with Gasteiger partial charge in [-0.05, 0) is 57.5 Å². The summed E-state index contributed by atoms with van der Waals surface area (Å²) in [6.45, 7) is 10.3. The average molecular weight is 281 g/mol. The molecule has 1 aliphatic carbocycles. The van der Waals surface area contributed by atoms with Gasteiger partial charge in [-0.25, -0.2) is 0 Å². The summed E-state index contributed by atoms with van der Waals surface area (Å²) >= 11 is 0. The number of likely N-dealkylation sites (tertiary alicyclic amines) is 1. The monoisotopic (exact) mass is 281 g/mol. The molecule has 1 aliphatic heterocycles. The van der Waals surface area contributed by atoms with Crippen LogP contribution in [-0.4, -0.2) is 49.1 Å². The molecule has 2 atom stereocenters. The van der Waals surface area contributed by atoms with Crippen molar-refractivity contribution in [1.29, 1.82) is 0 Å². The summed E-state index contributed by atoms with van der Waals surface area (Å²) in [5.74, 6) is 1.42. The molecule has 1 saturated heterocycles. The first-order valence-electron chi connectivity index (χ1n) is 8.31. The molecule has 2 aliphatic rings. The minimum atomic E-state index is 0.0116. The highest BCUT2D eigenvalue weighted by molar-refractivity contribution is 5.81. The van der Waals surface area contributed by atoms with E-state index in [4.69, 9.17) is 0 Å². The maximum Gasteiger partial charge on any atom is 0.237 e. The Kier molecular flexibility index (Phi) is 5.85. The molecule has 1 heterocycles. The van der Waals surface area contributed by atoms with E-state index in [-0.39, 0.29) is 11.9 Å². The molecule has 116 valence electrons. The van der Waals surface area contributed by atoms with E-state index in [0.717, 1.165) is 32.2 Å². The fourth-order valence-electron chi connectivity index (χ4n) is 2.85. The van der Waals surface area contributed by atoms with Gasteiger partial charge in [-0.15, -0.1) is 0 Å². The Bertz CT molecular complexity index is 315. The standard InChI is InChI=1S/C16H31N3O/c1-12(2)9-18-16(20)13(3)19-8-4-5-14(11-19)10-17-15-6-7-15/h12-15,17H,4-11H2,1-3H3,(H,18,20). The summed E-state index contributed by atoms with van der Waals surface area (Å²) in [4.78, 5) is 14.5. The van der Waals surface area contributed by atoms with Gasteiger partial charge in [0, 0.05) is 19.1 Å². The molecule has 0 aromatic heterocycles. The summed E-state index contributed by atoms with van der Waals surface area (Å²) in [7, 11) is 0. The lowest BCUT2D eigenvalue weighted by atomic mass is 9.96. The molecule has 0 radical (unpaired) electrons. The van der Waals surface area contributed by atoms with Crippen molar-refractivity contribution in [3.63, 3.8) is 0 Å². The van der Waals surface area contributed by atoms with E-state index in [2.05, 4.69) is 29.4 Å². The Morgan fingerprint density at radius 3 is 2.65 bits per heavy atom. The van der Waals surface area contributed by atoms with Gasteiger partial charge < -0.3 is 10.6 Å². The normalized spacial score (nSPS) is 25.7. The molecule has 0 aromatic carbocycles. The van der Waals surface area contributed by atoms with Crippen LogP contribution in [0, 0.1) is 11.8 Å². The molecule has 0 aromatic rings. The second-order valence-electron chi connectivity index (χ2n) is 7.00. The van der Waals surface area contributed by atoms with E-state index in [1.54, 1.807) is 0 Å². The van der Waals surface area contributed by atoms with Crippen molar-refractivity contribution in [2.24, 2.45) is 11.8 Å². The second-order valence-corrected chi connectivity index (χ2v) is 7.00. The molecule has 20 heavy (non-hydrogen) atoms. The van der Waals surface area contributed by atoms with E-state index in [9.17, 15) is 4.79 Å². The molecule has 1 amide bonds. The van der Waals surface area contributed by atoms with Gasteiger partial charge in [0.2, 0.25) is 5.91 Å². The first-order chi connectivity index (χ1) is 9.56. The van der Waals surface area contributed by atoms with Gasteiger partial charge in [0.15, 0.2) is 0 Å². The SMILES string of the molecule is CC(C)CNC(=O)C(C)N1CCCC(CNC2CC2)C1. The van der Waals surface area contributed by atoms with Crippen molar-refractivity contribution in [2.75, 3.05) is 26.2 Å². The Morgan fingerprint density at radius 1 is 1.25 bits per heavy atom. The number of hydrogen-bond acceptors (Lipinski definition) is 3. The lowest BCUT2D eigenvalue weighted by Crippen LogP contribution is -2.50. The molecule has 1 saturated carbocycles. The van der Waals surface area contributed by atoms with Crippen molar-refractivity contribution < 1.29 is 4.79 Å². The van der Waals surface area contributed by atoms with E-state index in [1.165, 1.54) is 25.7 Å². The lowest BCUT2D eigenvalue weighted by Gasteiger charge is -2.36.